The van der Waals surface area contributed by atoms with Crippen molar-refractivity contribution in [2.75, 3.05) is 13.7 Å². The van der Waals surface area contributed by atoms with Crippen molar-refractivity contribution < 1.29 is 9.47 Å². The van der Waals surface area contributed by atoms with Crippen LogP contribution in [0.2, 0.25) is 0 Å². The molecule has 0 amide bonds. The second kappa shape index (κ2) is 8.97. The zero-order chi connectivity index (χ0) is 21.9. The van der Waals surface area contributed by atoms with Crippen LogP contribution in [0.5, 0.6) is 5.75 Å². The van der Waals surface area contributed by atoms with E-state index in [1.54, 1.807) is 7.11 Å². The number of imidazole rings is 1. The van der Waals surface area contributed by atoms with E-state index in [0.717, 1.165) is 46.9 Å². The van der Waals surface area contributed by atoms with E-state index in [-0.39, 0.29) is 6.04 Å². The van der Waals surface area contributed by atoms with E-state index in [4.69, 9.17) is 14.5 Å². The lowest BCUT2D eigenvalue weighted by Crippen LogP contribution is -2.13. The van der Waals surface area contributed by atoms with E-state index >= 15 is 0 Å². The molecule has 5 heteroatoms. The topological polar surface area (TPSA) is 49.2 Å². The molecule has 5 rings (SSSR count). The predicted octanol–water partition coefficient (Wildman–Crippen LogP) is 5.63. The van der Waals surface area contributed by atoms with E-state index < -0.39 is 0 Å². The lowest BCUT2D eigenvalue weighted by molar-refractivity contribution is 0.0925. The number of rotatable bonds is 7. The molecule has 5 nitrogen and oxygen atoms in total. The first-order valence-electron chi connectivity index (χ1n) is 11.0. The molecule has 2 aromatic carbocycles. The second-order valence-corrected chi connectivity index (χ2v) is 8.20. The Balaban J connectivity index is 1.44. The Labute approximate surface area is 188 Å². The number of benzene rings is 2. The van der Waals surface area contributed by atoms with Crippen molar-refractivity contribution in [3.8, 4) is 28.3 Å². The lowest BCUT2D eigenvalue weighted by atomic mass is 10.0. The van der Waals surface area contributed by atoms with Crippen LogP contribution in [-0.2, 0) is 17.8 Å². The average molecular weight is 426 g/mol. The first-order chi connectivity index (χ1) is 15.7. The Kier molecular flexibility index (Phi) is 5.73. The monoisotopic (exact) mass is 425 g/mol. The molecule has 32 heavy (non-hydrogen) atoms. The fourth-order valence-electron chi connectivity index (χ4n) is 4.48. The summed E-state index contributed by atoms with van der Waals surface area (Å²) < 4.78 is 13.8. The number of pyridine rings is 1. The number of nitrogens with zero attached hydrogens (tertiary/aromatic N) is 3. The molecule has 0 spiro atoms. The minimum atomic E-state index is 0.261. The maximum Gasteiger partial charge on any atom is 0.118 e. The van der Waals surface area contributed by atoms with Crippen molar-refractivity contribution in [3.63, 3.8) is 0 Å². The van der Waals surface area contributed by atoms with Gasteiger partial charge in [0.15, 0.2) is 0 Å². The van der Waals surface area contributed by atoms with Crippen LogP contribution in [0.25, 0.3) is 22.5 Å². The third-order valence-corrected chi connectivity index (χ3v) is 6.14. The highest BCUT2D eigenvalue weighted by molar-refractivity contribution is 5.80. The molecule has 1 atom stereocenters. The van der Waals surface area contributed by atoms with Gasteiger partial charge in [-0.2, -0.15) is 0 Å². The molecule has 0 N–H and O–H groups in total. The molecule has 3 heterocycles. The zero-order valence-electron chi connectivity index (χ0n) is 18.5. The second-order valence-electron chi connectivity index (χ2n) is 8.20. The number of hydrogen-bond acceptors (Lipinski definition) is 4. The Morgan fingerprint density at radius 2 is 1.78 bits per heavy atom. The fourth-order valence-corrected chi connectivity index (χ4v) is 4.48. The third-order valence-electron chi connectivity index (χ3n) is 6.14. The van der Waals surface area contributed by atoms with Gasteiger partial charge in [-0.1, -0.05) is 36.4 Å². The molecule has 1 unspecified atom stereocenters. The Bertz CT molecular complexity index is 1200. The van der Waals surface area contributed by atoms with Crippen molar-refractivity contribution >= 4 is 0 Å². The predicted molar refractivity (Wildman–Crippen MR) is 126 cm³/mol. The van der Waals surface area contributed by atoms with Gasteiger partial charge < -0.3 is 14.0 Å². The quantitative estimate of drug-likeness (QED) is 0.385. The molecular formula is C27H27N3O2. The SMILES string of the molecule is COc1ccc(COCC2CCc3nc(-c4ccccc4C)c(-c4ccncc4)n32)cc1. The molecule has 4 aromatic rings. The zero-order valence-corrected chi connectivity index (χ0v) is 18.5. The van der Waals surface area contributed by atoms with E-state index in [1.807, 2.05) is 24.5 Å². The molecular weight excluding hydrogens is 398 g/mol. The standard InChI is InChI=1S/C27H27N3O2/c1-19-5-3-4-6-24(19)26-27(21-13-15-28-16-14-21)30-22(9-12-25(30)29-26)18-32-17-20-7-10-23(31-2)11-8-20/h3-8,10-11,13-16,22H,9,12,17-18H2,1-2H3. The summed E-state index contributed by atoms with van der Waals surface area (Å²) in [6.45, 7) is 3.38. The number of aryl methyl sites for hydroxylation is 2. The largest absolute Gasteiger partial charge is 0.497 e. The average Bonchev–Trinajstić information content (AvgIpc) is 3.40. The van der Waals surface area contributed by atoms with Gasteiger partial charge in [-0.3, -0.25) is 4.98 Å². The van der Waals surface area contributed by atoms with Crippen LogP contribution in [0.4, 0.5) is 0 Å². The van der Waals surface area contributed by atoms with Crippen molar-refractivity contribution in [3.05, 3.63) is 90.0 Å². The molecule has 162 valence electrons. The number of aromatic nitrogens is 3. The first-order valence-corrected chi connectivity index (χ1v) is 11.0. The third kappa shape index (κ3) is 3.92. The summed E-state index contributed by atoms with van der Waals surface area (Å²) in [6, 6.07) is 20.9. The van der Waals surface area contributed by atoms with E-state index in [2.05, 4.69) is 65.0 Å². The smallest absolute Gasteiger partial charge is 0.118 e. The summed E-state index contributed by atoms with van der Waals surface area (Å²) >= 11 is 0. The van der Waals surface area contributed by atoms with Crippen molar-refractivity contribution in [1.29, 1.82) is 0 Å². The van der Waals surface area contributed by atoms with Gasteiger partial charge in [0.05, 0.1) is 37.8 Å². The Hall–Kier alpha value is -3.44. The van der Waals surface area contributed by atoms with Gasteiger partial charge in [0.25, 0.3) is 0 Å². The normalized spacial score (nSPS) is 15.0. The van der Waals surface area contributed by atoms with Crippen molar-refractivity contribution in [2.24, 2.45) is 0 Å². The number of ether oxygens (including phenoxy) is 2. The number of hydrogen-bond donors (Lipinski definition) is 0. The minimum absolute atomic E-state index is 0.261. The number of methoxy groups -OCH3 is 1. The van der Waals surface area contributed by atoms with Crippen LogP contribution in [-0.4, -0.2) is 28.3 Å². The molecule has 2 aromatic heterocycles. The fraction of sp³-hybridized carbons (Fsp3) is 0.259. The van der Waals surface area contributed by atoms with E-state index in [9.17, 15) is 0 Å². The van der Waals surface area contributed by atoms with Crippen LogP contribution in [0.15, 0.2) is 73.1 Å². The van der Waals surface area contributed by atoms with Crippen LogP contribution in [0.3, 0.4) is 0 Å². The maximum absolute atomic E-state index is 6.16. The summed E-state index contributed by atoms with van der Waals surface area (Å²) in [7, 11) is 1.68. The summed E-state index contributed by atoms with van der Waals surface area (Å²) in [6.07, 6.45) is 5.69. The molecule has 1 aliphatic rings. The van der Waals surface area contributed by atoms with Gasteiger partial charge in [-0.15, -0.1) is 0 Å². The van der Waals surface area contributed by atoms with E-state index in [1.165, 1.54) is 11.1 Å². The van der Waals surface area contributed by atoms with Gasteiger partial charge in [0.2, 0.25) is 0 Å². The van der Waals surface area contributed by atoms with Crippen LogP contribution in [0.1, 0.15) is 29.4 Å². The Morgan fingerprint density at radius 1 is 1.00 bits per heavy atom. The summed E-state index contributed by atoms with van der Waals surface area (Å²) in [5, 5.41) is 0. The van der Waals surface area contributed by atoms with Gasteiger partial charge in [-0.25, -0.2) is 4.98 Å². The van der Waals surface area contributed by atoms with Crippen LogP contribution < -0.4 is 4.74 Å². The highest BCUT2D eigenvalue weighted by atomic mass is 16.5. The highest BCUT2D eigenvalue weighted by Crippen LogP contribution is 2.40. The summed E-state index contributed by atoms with van der Waals surface area (Å²) in [5.74, 6) is 1.99. The molecule has 0 saturated carbocycles. The molecule has 0 fully saturated rings. The first kappa shape index (κ1) is 20.5. The molecule has 0 aliphatic carbocycles. The number of fused-ring (bicyclic) bond motifs is 1. The molecule has 0 saturated heterocycles. The van der Waals surface area contributed by atoms with Crippen LogP contribution >= 0.6 is 0 Å². The molecule has 0 bridgehead atoms. The lowest BCUT2D eigenvalue weighted by Gasteiger charge is -2.18. The van der Waals surface area contributed by atoms with Gasteiger partial charge >= 0.3 is 0 Å². The van der Waals surface area contributed by atoms with Crippen molar-refractivity contribution in [1.82, 2.24) is 14.5 Å². The molecule has 1 aliphatic heterocycles. The maximum atomic E-state index is 6.16. The van der Waals surface area contributed by atoms with Gasteiger partial charge in [0, 0.05) is 29.9 Å². The van der Waals surface area contributed by atoms with Crippen molar-refractivity contribution in [2.45, 2.75) is 32.4 Å². The van der Waals surface area contributed by atoms with Gasteiger partial charge in [0.1, 0.15) is 11.6 Å². The van der Waals surface area contributed by atoms with E-state index in [0.29, 0.717) is 13.2 Å². The molecule has 0 radical (unpaired) electrons. The van der Waals surface area contributed by atoms with Gasteiger partial charge in [-0.05, 0) is 48.7 Å². The summed E-state index contributed by atoms with van der Waals surface area (Å²) in [4.78, 5) is 9.33. The minimum Gasteiger partial charge on any atom is -0.497 e. The van der Waals surface area contributed by atoms with Crippen LogP contribution in [0, 0.1) is 6.92 Å². The summed E-state index contributed by atoms with van der Waals surface area (Å²) in [5.41, 5.74) is 6.89. The highest BCUT2D eigenvalue weighted by Gasteiger charge is 2.30. The Morgan fingerprint density at radius 3 is 2.53 bits per heavy atom.